The summed E-state index contributed by atoms with van der Waals surface area (Å²) in [6, 6.07) is 11.9. The van der Waals surface area contributed by atoms with Gasteiger partial charge in [0.25, 0.3) is 5.91 Å². The maximum Gasteiger partial charge on any atom is 0.289 e. The second-order valence-electron chi connectivity index (χ2n) is 8.63. The summed E-state index contributed by atoms with van der Waals surface area (Å²) in [6.45, 7) is 5.31. The lowest BCUT2D eigenvalue weighted by molar-refractivity contribution is 0.0558. The van der Waals surface area contributed by atoms with Crippen molar-refractivity contribution in [2.45, 2.75) is 44.7 Å². The van der Waals surface area contributed by atoms with Crippen LogP contribution in [0.3, 0.4) is 0 Å². The molecule has 1 aliphatic heterocycles. The van der Waals surface area contributed by atoms with Crippen LogP contribution >= 0.6 is 0 Å². The molecule has 5 rings (SSSR count). The van der Waals surface area contributed by atoms with Gasteiger partial charge in [-0.25, -0.2) is 4.68 Å². The number of ether oxygens (including phenoxy) is 1. The Balaban J connectivity index is 1.40. The average molecular weight is 451 g/mol. The number of furan rings is 1. The number of carbonyl (C=O) groups excluding carboxylic acids is 1. The summed E-state index contributed by atoms with van der Waals surface area (Å²) in [4.78, 5) is 17.0. The molecular formula is C24H30N6O3. The number of hydrogen-bond donors (Lipinski definition) is 0. The summed E-state index contributed by atoms with van der Waals surface area (Å²) in [5.74, 6) is 2.05. The highest BCUT2D eigenvalue weighted by Gasteiger charge is 2.34. The fourth-order valence-electron chi connectivity index (χ4n) is 4.96. The first-order chi connectivity index (χ1) is 16.2. The SMILES string of the molecule is CCOc1ccc([C@@H](c2nnnn2C2CCCC2)N2CCN(C(=O)c3ccco3)CC2)cc1. The number of aromatic nitrogens is 4. The molecule has 2 aromatic heterocycles. The van der Waals surface area contributed by atoms with E-state index in [0.717, 1.165) is 43.1 Å². The van der Waals surface area contributed by atoms with Crippen molar-refractivity contribution in [3.63, 3.8) is 0 Å². The lowest BCUT2D eigenvalue weighted by Gasteiger charge is -2.38. The molecule has 3 heterocycles. The molecule has 0 spiro atoms. The first-order valence-electron chi connectivity index (χ1n) is 11.8. The van der Waals surface area contributed by atoms with E-state index in [9.17, 15) is 4.79 Å². The van der Waals surface area contributed by atoms with E-state index in [1.54, 1.807) is 12.1 Å². The second kappa shape index (κ2) is 9.74. The van der Waals surface area contributed by atoms with E-state index in [0.29, 0.717) is 31.5 Å². The molecule has 174 valence electrons. The van der Waals surface area contributed by atoms with Gasteiger partial charge in [0.05, 0.1) is 25.0 Å². The normalized spacial score (nSPS) is 18.5. The summed E-state index contributed by atoms with van der Waals surface area (Å²) in [7, 11) is 0. The molecule has 0 radical (unpaired) electrons. The van der Waals surface area contributed by atoms with Gasteiger partial charge in [-0.15, -0.1) is 5.10 Å². The zero-order chi connectivity index (χ0) is 22.6. The van der Waals surface area contributed by atoms with E-state index in [1.165, 1.54) is 19.1 Å². The molecule has 0 unspecified atom stereocenters. The third-order valence-corrected chi connectivity index (χ3v) is 6.64. The van der Waals surface area contributed by atoms with Gasteiger partial charge in [0.15, 0.2) is 11.6 Å². The third kappa shape index (κ3) is 4.50. The van der Waals surface area contributed by atoms with Gasteiger partial charge in [-0.05, 0) is 60.0 Å². The molecule has 1 atom stereocenters. The fraction of sp³-hybridized carbons (Fsp3) is 0.500. The minimum absolute atomic E-state index is 0.0620. The molecule has 2 aliphatic rings. The predicted molar refractivity (Wildman–Crippen MR) is 121 cm³/mol. The number of rotatable bonds is 7. The minimum Gasteiger partial charge on any atom is -0.494 e. The van der Waals surface area contributed by atoms with E-state index in [1.807, 2.05) is 28.6 Å². The Bertz CT molecular complexity index is 1030. The van der Waals surface area contributed by atoms with Gasteiger partial charge in [-0.1, -0.05) is 25.0 Å². The summed E-state index contributed by atoms with van der Waals surface area (Å²) >= 11 is 0. The fourth-order valence-corrected chi connectivity index (χ4v) is 4.96. The van der Waals surface area contributed by atoms with Crippen molar-refractivity contribution >= 4 is 5.91 Å². The number of hydrogen-bond acceptors (Lipinski definition) is 7. The monoisotopic (exact) mass is 450 g/mol. The van der Waals surface area contributed by atoms with Gasteiger partial charge in [-0.3, -0.25) is 9.69 Å². The lowest BCUT2D eigenvalue weighted by atomic mass is 10.0. The Morgan fingerprint density at radius 2 is 1.88 bits per heavy atom. The van der Waals surface area contributed by atoms with Crippen LogP contribution in [-0.4, -0.2) is 68.7 Å². The number of nitrogens with zero attached hydrogens (tertiary/aromatic N) is 6. The van der Waals surface area contributed by atoms with Gasteiger partial charge in [0.2, 0.25) is 0 Å². The van der Waals surface area contributed by atoms with Gasteiger partial charge < -0.3 is 14.1 Å². The number of benzene rings is 1. The van der Waals surface area contributed by atoms with E-state index in [4.69, 9.17) is 9.15 Å². The number of amides is 1. The second-order valence-corrected chi connectivity index (χ2v) is 8.63. The van der Waals surface area contributed by atoms with E-state index in [2.05, 4.69) is 32.6 Å². The van der Waals surface area contributed by atoms with E-state index >= 15 is 0 Å². The zero-order valence-electron chi connectivity index (χ0n) is 19.0. The summed E-state index contributed by atoms with van der Waals surface area (Å²) in [5.41, 5.74) is 1.12. The largest absolute Gasteiger partial charge is 0.494 e. The summed E-state index contributed by atoms with van der Waals surface area (Å²) in [6.07, 6.45) is 6.18. The van der Waals surface area contributed by atoms with Crippen LogP contribution in [0.25, 0.3) is 0 Å². The van der Waals surface area contributed by atoms with Crippen LogP contribution in [0.15, 0.2) is 47.1 Å². The third-order valence-electron chi connectivity index (χ3n) is 6.64. The highest BCUT2D eigenvalue weighted by Crippen LogP contribution is 2.35. The first kappa shape index (κ1) is 21.6. The van der Waals surface area contributed by atoms with Crippen LogP contribution in [0.2, 0.25) is 0 Å². The average Bonchev–Trinajstić information content (AvgIpc) is 3.63. The Morgan fingerprint density at radius 3 is 2.55 bits per heavy atom. The van der Waals surface area contributed by atoms with Crippen molar-refractivity contribution in [2.75, 3.05) is 32.8 Å². The Kier molecular flexibility index (Phi) is 6.39. The number of carbonyl (C=O) groups is 1. The van der Waals surface area contributed by atoms with Crippen molar-refractivity contribution in [1.29, 1.82) is 0 Å². The molecule has 1 saturated heterocycles. The molecule has 1 aliphatic carbocycles. The maximum absolute atomic E-state index is 12.7. The molecule has 0 N–H and O–H groups in total. The van der Waals surface area contributed by atoms with Crippen LogP contribution in [0.1, 0.15) is 66.6 Å². The van der Waals surface area contributed by atoms with Crippen molar-refractivity contribution in [2.24, 2.45) is 0 Å². The smallest absolute Gasteiger partial charge is 0.289 e. The minimum atomic E-state index is -0.0860. The molecule has 9 nitrogen and oxygen atoms in total. The lowest BCUT2D eigenvalue weighted by Crippen LogP contribution is -2.50. The predicted octanol–water partition coefficient (Wildman–Crippen LogP) is 3.33. The quantitative estimate of drug-likeness (QED) is 0.545. The van der Waals surface area contributed by atoms with Gasteiger partial charge >= 0.3 is 0 Å². The Hall–Kier alpha value is -3.20. The molecule has 1 saturated carbocycles. The molecule has 0 bridgehead atoms. The van der Waals surface area contributed by atoms with E-state index in [-0.39, 0.29) is 11.9 Å². The number of piperazine rings is 1. The van der Waals surface area contributed by atoms with Crippen LogP contribution < -0.4 is 4.74 Å². The number of tetrazole rings is 1. The molecule has 1 aromatic carbocycles. The van der Waals surface area contributed by atoms with Crippen LogP contribution in [-0.2, 0) is 0 Å². The summed E-state index contributed by atoms with van der Waals surface area (Å²) in [5, 5.41) is 13.0. The van der Waals surface area contributed by atoms with Crippen LogP contribution in [0.5, 0.6) is 5.75 Å². The van der Waals surface area contributed by atoms with Crippen molar-refractivity contribution in [1.82, 2.24) is 30.0 Å². The standard InChI is InChI=1S/C24H30N6O3/c1-2-32-20-11-9-18(10-12-20)22(23-25-26-27-30(23)19-6-3-4-7-19)28-13-15-29(16-14-28)24(31)21-8-5-17-33-21/h5,8-12,17,19,22H,2-4,6-7,13-16H2,1H3/t22-/m0/s1. The molecule has 2 fully saturated rings. The van der Waals surface area contributed by atoms with E-state index < -0.39 is 0 Å². The Morgan fingerprint density at radius 1 is 1.12 bits per heavy atom. The maximum atomic E-state index is 12.7. The molecule has 1 amide bonds. The van der Waals surface area contributed by atoms with Gasteiger partial charge in [0, 0.05) is 26.2 Å². The summed E-state index contributed by atoms with van der Waals surface area (Å²) < 4.78 is 13.0. The van der Waals surface area contributed by atoms with Gasteiger partial charge in [-0.2, -0.15) is 0 Å². The van der Waals surface area contributed by atoms with Crippen molar-refractivity contribution in [3.05, 3.63) is 59.8 Å². The van der Waals surface area contributed by atoms with Crippen LogP contribution in [0.4, 0.5) is 0 Å². The molecule has 33 heavy (non-hydrogen) atoms. The zero-order valence-corrected chi connectivity index (χ0v) is 19.0. The topological polar surface area (TPSA) is 89.5 Å². The van der Waals surface area contributed by atoms with Crippen LogP contribution in [0, 0.1) is 0 Å². The molecule has 3 aromatic rings. The Labute approximate surface area is 193 Å². The highest BCUT2D eigenvalue weighted by atomic mass is 16.5. The molecular weight excluding hydrogens is 420 g/mol. The molecule has 9 heteroatoms. The van der Waals surface area contributed by atoms with Gasteiger partial charge in [0.1, 0.15) is 5.75 Å². The van der Waals surface area contributed by atoms with Crippen molar-refractivity contribution < 1.29 is 13.9 Å². The first-order valence-corrected chi connectivity index (χ1v) is 11.8. The highest BCUT2D eigenvalue weighted by molar-refractivity contribution is 5.91. The van der Waals surface area contributed by atoms with Crippen molar-refractivity contribution in [3.8, 4) is 5.75 Å².